The number of carbonyl (C=O) groups is 1. The number of rotatable bonds is 9. The molecule has 0 heterocycles. The minimum atomic E-state index is -0.339. The first-order valence-electron chi connectivity index (χ1n) is 9.70. The molecule has 0 spiro atoms. The van der Waals surface area contributed by atoms with Crippen LogP contribution in [0.5, 0.6) is 17.2 Å². The second-order valence-corrected chi connectivity index (χ2v) is 7.40. The highest BCUT2D eigenvalue weighted by atomic mass is 79.9. The van der Waals surface area contributed by atoms with E-state index in [-0.39, 0.29) is 5.91 Å². The van der Waals surface area contributed by atoms with Gasteiger partial charge in [0.05, 0.1) is 19.9 Å². The summed E-state index contributed by atoms with van der Waals surface area (Å²) >= 11 is 3.42. The molecule has 1 N–H and O–H groups in total. The second kappa shape index (κ2) is 11.2. The molecule has 0 aromatic heterocycles. The summed E-state index contributed by atoms with van der Waals surface area (Å²) in [5.41, 5.74) is 4.87. The fraction of sp³-hybridized carbons (Fsp3) is 0.167. The molecule has 31 heavy (non-hydrogen) atoms. The highest BCUT2D eigenvalue weighted by Gasteiger charge is 2.10. The molecule has 0 aliphatic carbocycles. The summed E-state index contributed by atoms with van der Waals surface area (Å²) in [7, 11) is 1.55. The van der Waals surface area contributed by atoms with Gasteiger partial charge in [-0.3, -0.25) is 4.79 Å². The number of hydrazone groups is 1. The van der Waals surface area contributed by atoms with E-state index < -0.39 is 0 Å². The number of methoxy groups -OCH3 is 1. The molecule has 0 aliphatic rings. The van der Waals surface area contributed by atoms with Crippen LogP contribution in [0.1, 0.15) is 28.4 Å². The molecule has 7 heteroatoms. The monoisotopic (exact) mass is 482 g/mol. The normalized spacial score (nSPS) is 10.7. The first kappa shape index (κ1) is 22.4. The Bertz CT molecular complexity index is 1030. The maximum absolute atomic E-state index is 12.3. The topological polar surface area (TPSA) is 69.2 Å². The van der Waals surface area contributed by atoms with Crippen LogP contribution in [0, 0.1) is 0 Å². The zero-order valence-electron chi connectivity index (χ0n) is 17.3. The number of ether oxygens (including phenoxy) is 3. The predicted molar refractivity (Wildman–Crippen MR) is 124 cm³/mol. The Balaban J connectivity index is 1.54. The molecule has 0 aliphatic heterocycles. The van der Waals surface area contributed by atoms with Gasteiger partial charge in [-0.2, -0.15) is 5.10 Å². The van der Waals surface area contributed by atoms with Gasteiger partial charge in [0.1, 0.15) is 12.4 Å². The number of hydrogen-bond donors (Lipinski definition) is 1. The smallest absolute Gasteiger partial charge is 0.271 e. The molecule has 0 unspecified atom stereocenters. The Kier molecular flexibility index (Phi) is 8.06. The van der Waals surface area contributed by atoms with Crippen LogP contribution >= 0.6 is 15.9 Å². The Morgan fingerprint density at radius 3 is 2.42 bits per heavy atom. The molecule has 3 rings (SSSR count). The van der Waals surface area contributed by atoms with Gasteiger partial charge in [-0.25, -0.2) is 5.43 Å². The van der Waals surface area contributed by atoms with Crippen molar-refractivity contribution in [2.24, 2.45) is 5.10 Å². The van der Waals surface area contributed by atoms with E-state index >= 15 is 0 Å². The van der Waals surface area contributed by atoms with Gasteiger partial charge in [0, 0.05) is 10.0 Å². The maximum Gasteiger partial charge on any atom is 0.271 e. The third-order valence-corrected chi connectivity index (χ3v) is 4.83. The minimum Gasteiger partial charge on any atom is -0.493 e. The Morgan fingerprint density at radius 1 is 1.00 bits per heavy atom. The summed E-state index contributed by atoms with van der Waals surface area (Å²) in [6, 6.07) is 20.4. The lowest BCUT2D eigenvalue weighted by Gasteiger charge is -2.10. The van der Waals surface area contributed by atoms with Gasteiger partial charge in [0.15, 0.2) is 11.5 Å². The van der Waals surface area contributed by atoms with E-state index in [1.165, 1.54) is 0 Å². The van der Waals surface area contributed by atoms with Crippen LogP contribution < -0.4 is 19.6 Å². The molecular weight excluding hydrogens is 460 g/mol. The lowest BCUT2D eigenvalue weighted by molar-refractivity contribution is 0.0954. The number of halogens is 1. The highest BCUT2D eigenvalue weighted by molar-refractivity contribution is 9.10. The van der Waals surface area contributed by atoms with Crippen LogP contribution in [0.4, 0.5) is 0 Å². The number of amides is 1. The number of nitrogens with one attached hydrogen (secondary N) is 1. The van der Waals surface area contributed by atoms with Gasteiger partial charge < -0.3 is 14.2 Å². The van der Waals surface area contributed by atoms with Crippen molar-refractivity contribution in [3.63, 3.8) is 0 Å². The van der Waals surface area contributed by atoms with E-state index in [0.717, 1.165) is 21.3 Å². The predicted octanol–water partition coefficient (Wildman–Crippen LogP) is 5.20. The number of nitrogens with zero attached hydrogens (tertiary/aromatic N) is 1. The Labute approximate surface area is 190 Å². The summed E-state index contributed by atoms with van der Waals surface area (Å²) in [5, 5.41) is 4.03. The molecule has 0 saturated heterocycles. The van der Waals surface area contributed by atoms with Gasteiger partial charge in [-0.1, -0.05) is 28.1 Å². The summed E-state index contributed by atoms with van der Waals surface area (Å²) < 4.78 is 17.6. The van der Waals surface area contributed by atoms with Crippen LogP contribution in [0.3, 0.4) is 0 Å². The van der Waals surface area contributed by atoms with E-state index in [1.807, 2.05) is 55.5 Å². The third-order valence-electron chi connectivity index (χ3n) is 4.30. The number of hydrogen-bond acceptors (Lipinski definition) is 5. The molecule has 0 radical (unpaired) electrons. The molecule has 1 amide bonds. The fourth-order valence-electron chi connectivity index (χ4n) is 2.71. The summed E-state index contributed by atoms with van der Waals surface area (Å²) in [6.07, 6.45) is 1.57. The van der Waals surface area contributed by atoms with E-state index in [1.54, 1.807) is 31.5 Å². The van der Waals surface area contributed by atoms with Crippen molar-refractivity contribution in [3.8, 4) is 17.2 Å². The summed E-state index contributed by atoms with van der Waals surface area (Å²) in [4.78, 5) is 12.3. The first-order valence-corrected chi connectivity index (χ1v) is 10.5. The fourth-order valence-corrected chi connectivity index (χ4v) is 2.98. The number of benzene rings is 3. The van der Waals surface area contributed by atoms with Crippen LogP contribution in [-0.2, 0) is 6.61 Å². The van der Waals surface area contributed by atoms with Crippen LogP contribution in [0.2, 0.25) is 0 Å². The zero-order valence-corrected chi connectivity index (χ0v) is 18.9. The highest BCUT2D eigenvalue weighted by Crippen LogP contribution is 2.28. The van der Waals surface area contributed by atoms with E-state index in [4.69, 9.17) is 14.2 Å². The summed E-state index contributed by atoms with van der Waals surface area (Å²) in [6.45, 7) is 2.83. The molecule has 0 fully saturated rings. The Hall–Kier alpha value is -3.32. The van der Waals surface area contributed by atoms with Crippen LogP contribution in [0.15, 0.2) is 76.3 Å². The van der Waals surface area contributed by atoms with Crippen molar-refractivity contribution >= 4 is 28.1 Å². The van der Waals surface area contributed by atoms with Crippen molar-refractivity contribution in [1.29, 1.82) is 0 Å². The minimum absolute atomic E-state index is 0.339. The van der Waals surface area contributed by atoms with Gasteiger partial charge in [0.2, 0.25) is 0 Å². The molecule has 0 saturated carbocycles. The molecule has 0 bridgehead atoms. The largest absolute Gasteiger partial charge is 0.493 e. The average Bonchev–Trinajstić information content (AvgIpc) is 2.79. The molecule has 3 aromatic rings. The Morgan fingerprint density at radius 2 is 1.74 bits per heavy atom. The molecule has 160 valence electrons. The van der Waals surface area contributed by atoms with Crippen molar-refractivity contribution in [1.82, 2.24) is 5.43 Å². The zero-order chi connectivity index (χ0) is 22.1. The molecular formula is C24H23BrN2O4. The van der Waals surface area contributed by atoms with E-state index in [9.17, 15) is 4.79 Å². The van der Waals surface area contributed by atoms with Crippen LogP contribution in [0.25, 0.3) is 0 Å². The van der Waals surface area contributed by atoms with Crippen molar-refractivity contribution in [3.05, 3.63) is 87.9 Å². The third kappa shape index (κ3) is 6.58. The van der Waals surface area contributed by atoms with Gasteiger partial charge in [-0.15, -0.1) is 0 Å². The van der Waals surface area contributed by atoms with Gasteiger partial charge in [0.25, 0.3) is 5.91 Å². The van der Waals surface area contributed by atoms with Gasteiger partial charge >= 0.3 is 0 Å². The standard InChI is InChI=1S/C24H23BrN2O4/c1-3-30-23-14-19(8-13-22(23)29-2)24(28)27-26-15-17-6-11-21(12-7-17)31-16-18-4-9-20(25)10-5-18/h4-15H,3,16H2,1-2H3,(H,27,28)/b26-15+. The van der Waals surface area contributed by atoms with Crippen molar-refractivity contribution in [2.45, 2.75) is 13.5 Å². The SMILES string of the molecule is CCOc1cc(C(=O)N/N=C/c2ccc(OCc3ccc(Br)cc3)cc2)ccc1OC. The lowest BCUT2D eigenvalue weighted by Crippen LogP contribution is -2.17. The van der Waals surface area contributed by atoms with E-state index in [2.05, 4.69) is 26.5 Å². The molecule has 6 nitrogen and oxygen atoms in total. The van der Waals surface area contributed by atoms with Gasteiger partial charge in [-0.05, 0) is 72.6 Å². The average molecular weight is 483 g/mol. The first-order chi connectivity index (χ1) is 15.1. The quantitative estimate of drug-likeness (QED) is 0.336. The van der Waals surface area contributed by atoms with Crippen molar-refractivity contribution in [2.75, 3.05) is 13.7 Å². The number of carbonyl (C=O) groups excluding carboxylic acids is 1. The maximum atomic E-state index is 12.3. The van der Waals surface area contributed by atoms with Crippen molar-refractivity contribution < 1.29 is 19.0 Å². The second-order valence-electron chi connectivity index (χ2n) is 6.48. The van der Waals surface area contributed by atoms with E-state index in [0.29, 0.717) is 30.3 Å². The lowest BCUT2D eigenvalue weighted by atomic mass is 10.2. The molecule has 0 atom stereocenters. The summed E-state index contributed by atoms with van der Waals surface area (Å²) in [5.74, 6) is 1.50. The molecule has 3 aromatic carbocycles. The van der Waals surface area contributed by atoms with Crippen LogP contribution in [-0.4, -0.2) is 25.8 Å².